The SMILES string of the molecule is CCC(Oc1nc(Oc2cc(CCO)cc(-c3cccc(CNC(=O)OC(C)(C)C)c3)c2)c(F)cc1F)C(=O)OC(C)(C)C. The van der Waals surface area contributed by atoms with Crippen LogP contribution in [0.3, 0.4) is 0 Å². The number of halogens is 2. The van der Waals surface area contributed by atoms with Crippen LogP contribution < -0.4 is 14.8 Å². The number of aliphatic hydroxyl groups is 1. The van der Waals surface area contributed by atoms with E-state index in [9.17, 15) is 23.5 Å². The van der Waals surface area contributed by atoms with E-state index in [4.69, 9.17) is 18.9 Å². The monoisotopic (exact) mass is 614 g/mol. The Morgan fingerprint density at radius 3 is 2.18 bits per heavy atom. The standard InChI is InChI=1S/C33H40F2N2O7/c1-8-27(30(39)43-32(2,3)4)42-29-26(35)18-25(34)28(37-29)41-24-16-20(12-13-38)14-23(17-24)22-11-9-10-21(15-22)19-36-31(40)44-33(5,6)7/h9-11,14-18,27,38H,8,12-13,19H2,1-7H3,(H,36,40). The van der Waals surface area contributed by atoms with Crippen LogP contribution in [0.2, 0.25) is 0 Å². The molecule has 1 aromatic heterocycles. The molecule has 0 saturated heterocycles. The van der Waals surface area contributed by atoms with Gasteiger partial charge in [0.25, 0.3) is 11.8 Å². The summed E-state index contributed by atoms with van der Waals surface area (Å²) in [6, 6.07) is 13.0. The number of hydrogen-bond acceptors (Lipinski definition) is 8. The lowest BCUT2D eigenvalue weighted by molar-refractivity contribution is -0.163. The van der Waals surface area contributed by atoms with E-state index >= 15 is 0 Å². The van der Waals surface area contributed by atoms with Crippen molar-refractivity contribution in [2.45, 2.75) is 85.2 Å². The van der Waals surface area contributed by atoms with Gasteiger partial charge in [-0.3, -0.25) is 0 Å². The van der Waals surface area contributed by atoms with Gasteiger partial charge in [-0.15, -0.1) is 0 Å². The summed E-state index contributed by atoms with van der Waals surface area (Å²) in [7, 11) is 0. The smallest absolute Gasteiger partial charge is 0.407 e. The van der Waals surface area contributed by atoms with Gasteiger partial charge in [-0.25, -0.2) is 18.4 Å². The average molecular weight is 615 g/mol. The number of ether oxygens (including phenoxy) is 4. The number of alkyl carbamates (subject to hydrolysis) is 1. The first kappa shape index (κ1) is 34.2. The van der Waals surface area contributed by atoms with Crippen LogP contribution >= 0.6 is 0 Å². The molecule has 1 atom stereocenters. The highest BCUT2D eigenvalue weighted by molar-refractivity contribution is 5.75. The fraction of sp³-hybridized carbons (Fsp3) is 0.424. The fourth-order valence-corrected chi connectivity index (χ4v) is 4.01. The second-order valence-corrected chi connectivity index (χ2v) is 12.1. The van der Waals surface area contributed by atoms with E-state index in [-0.39, 0.29) is 31.7 Å². The van der Waals surface area contributed by atoms with Crippen LogP contribution in [0.1, 0.15) is 66.0 Å². The number of amides is 1. The number of rotatable bonds is 11. The molecule has 11 heteroatoms. The van der Waals surface area contributed by atoms with Gasteiger partial charge in [0.05, 0.1) is 0 Å². The number of hydrogen-bond donors (Lipinski definition) is 2. The lowest BCUT2D eigenvalue weighted by Gasteiger charge is -2.23. The van der Waals surface area contributed by atoms with Crippen LogP contribution in [0.25, 0.3) is 11.1 Å². The first-order valence-corrected chi connectivity index (χ1v) is 14.3. The Hall–Kier alpha value is -4.25. The molecule has 1 amide bonds. The van der Waals surface area contributed by atoms with Gasteiger partial charge >= 0.3 is 12.1 Å². The number of aliphatic hydroxyl groups excluding tert-OH is 1. The molecular formula is C33H40F2N2O7. The lowest BCUT2D eigenvalue weighted by Crippen LogP contribution is -2.35. The zero-order valence-electron chi connectivity index (χ0n) is 26.1. The summed E-state index contributed by atoms with van der Waals surface area (Å²) in [6.07, 6.45) is -1.28. The molecular weight excluding hydrogens is 574 g/mol. The molecule has 3 aromatic rings. The molecule has 0 saturated carbocycles. The summed E-state index contributed by atoms with van der Waals surface area (Å²) in [4.78, 5) is 28.5. The normalized spacial score (nSPS) is 12.3. The minimum Gasteiger partial charge on any atom is -0.460 e. The first-order chi connectivity index (χ1) is 20.6. The summed E-state index contributed by atoms with van der Waals surface area (Å²) in [5.41, 5.74) is 1.51. The van der Waals surface area contributed by atoms with Crippen LogP contribution in [0, 0.1) is 11.6 Å². The average Bonchev–Trinajstić information content (AvgIpc) is 2.91. The van der Waals surface area contributed by atoms with Gasteiger partial charge in [0.2, 0.25) is 0 Å². The number of nitrogens with zero attached hydrogens (tertiary/aromatic N) is 1. The molecule has 2 aromatic carbocycles. The molecule has 1 unspecified atom stereocenters. The van der Waals surface area contributed by atoms with E-state index in [1.165, 1.54) is 0 Å². The second-order valence-electron chi connectivity index (χ2n) is 12.1. The number of esters is 1. The van der Waals surface area contributed by atoms with E-state index in [2.05, 4.69) is 10.3 Å². The predicted octanol–water partition coefficient (Wildman–Crippen LogP) is 6.88. The molecule has 44 heavy (non-hydrogen) atoms. The molecule has 9 nitrogen and oxygen atoms in total. The van der Waals surface area contributed by atoms with Crippen LogP contribution in [-0.2, 0) is 27.2 Å². The number of carbonyl (C=O) groups excluding carboxylic acids is 2. The Balaban J connectivity index is 1.88. The van der Waals surface area contributed by atoms with E-state index in [1.54, 1.807) is 60.6 Å². The number of benzene rings is 2. The fourth-order valence-electron chi connectivity index (χ4n) is 4.01. The topological polar surface area (TPSA) is 116 Å². The van der Waals surface area contributed by atoms with Crippen LogP contribution in [0.4, 0.5) is 13.6 Å². The predicted molar refractivity (Wildman–Crippen MR) is 161 cm³/mol. The van der Waals surface area contributed by atoms with Gasteiger partial charge in [-0.2, -0.15) is 4.98 Å². The Morgan fingerprint density at radius 2 is 1.55 bits per heavy atom. The van der Waals surface area contributed by atoms with Crippen LogP contribution in [0.5, 0.6) is 17.5 Å². The number of pyridine rings is 1. The molecule has 0 fully saturated rings. The molecule has 0 aliphatic heterocycles. The molecule has 0 aliphatic carbocycles. The highest BCUT2D eigenvalue weighted by Crippen LogP contribution is 2.32. The highest BCUT2D eigenvalue weighted by atomic mass is 19.1. The van der Waals surface area contributed by atoms with Crippen molar-refractivity contribution >= 4 is 12.1 Å². The van der Waals surface area contributed by atoms with Crippen molar-refractivity contribution in [2.24, 2.45) is 0 Å². The quantitative estimate of drug-likeness (QED) is 0.225. The molecule has 0 radical (unpaired) electrons. The lowest BCUT2D eigenvalue weighted by atomic mass is 9.99. The zero-order valence-corrected chi connectivity index (χ0v) is 26.1. The number of aromatic nitrogens is 1. The maximum Gasteiger partial charge on any atom is 0.407 e. The van der Waals surface area contributed by atoms with E-state index in [1.807, 2.05) is 30.3 Å². The van der Waals surface area contributed by atoms with Gasteiger partial charge in [-0.05, 0) is 94.8 Å². The summed E-state index contributed by atoms with van der Waals surface area (Å²) >= 11 is 0. The van der Waals surface area contributed by atoms with E-state index in [0.29, 0.717) is 17.2 Å². The van der Waals surface area contributed by atoms with Crippen LogP contribution in [-0.4, -0.2) is 46.1 Å². The maximum atomic E-state index is 14.8. The maximum absolute atomic E-state index is 14.8. The first-order valence-electron chi connectivity index (χ1n) is 14.3. The van der Waals surface area contributed by atoms with Crippen molar-refractivity contribution in [1.82, 2.24) is 10.3 Å². The third kappa shape index (κ3) is 10.5. The summed E-state index contributed by atoms with van der Waals surface area (Å²) in [5, 5.41) is 12.3. The third-order valence-corrected chi connectivity index (χ3v) is 5.84. The van der Waals surface area contributed by atoms with Crippen molar-refractivity contribution in [2.75, 3.05) is 6.61 Å². The van der Waals surface area contributed by atoms with Gasteiger partial charge in [0.1, 0.15) is 17.0 Å². The summed E-state index contributed by atoms with van der Waals surface area (Å²) in [5.74, 6) is -3.91. The molecule has 0 aliphatic rings. The van der Waals surface area contributed by atoms with Gasteiger partial charge < -0.3 is 29.4 Å². The van der Waals surface area contributed by atoms with Gasteiger partial charge in [0, 0.05) is 19.2 Å². The van der Waals surface area contributed by atoms with Crippen molar-refractivity contribution in [3.8, 4) is 28.6 Å². The molecule has 238 valence electrons. The minimum atomic E-state index is -1.17. The van der Waals surface area contributed by atoms with Gasteiger partial charge in [0.15, 0.2) is 17.7 Å². The molecule has 1 heterocycles. The summed E-state index contributed by atoms with van der Waals surface area (Å²) < 4.78 is 51.4. The number of nitrogens with one attached hydrogen (secondary N) is 1. The van der Waals surface area contributed by atoms with Crippen molar-refractivity contribution in [3.05, 3.63) is 71.3 Å². The van der Waals surface area contributed by atoms with Crippen molar-refractivity contribution < 1.29 is 42.4 Å². The zero-order chi connectivity index (χ0) is 32.7. The third-order valence-electron chi connectivity index (χ3n) is 5.84. The Morgan fingerprint density at radius 1 is 0.886 bits per heavy atom. The Bertz CT molecular complexity index is 1470. The molecule has 0 bridgehead atoms. The Labute approximate surface area is 256 Å². The Kier molecular flexibility index (Phi) is 11.3. The highest BCUT2D eigenvalue weighted by Gasteiger charge is 2.28. The van der Waals surface area contributed by atoms with Crippen molar-refractivity contribution in [3.63, 3.8) is 0 Å². The molecule has 0 spiro atoms. The van der Waals surface area contributed by atoms with E-state index < -0.39 is 52.8 Å². The number of carbonyl (C=O) groups is 2. The van der Waals surface area contributed by atoms with Crippen LogP contribution in [0.15, 0.2) is 48.5 Å². The van der Waals surface area contributed by atoms with Crippen molar-refractivity contribution in [1.29, 1.82) is 0 Å². The largest absolute Gasteiger partial charge is 0.460 e. The summed E-state index contributed by atoms with van der Waals surface area (Å²) in [6.45, 7) is 12.1. The van der Waals surface area contributed by atoms with E-state index in [0.717, 1.165) is 11.1 Å². The molecule has 3 rings (SSSR count). The van der Waals surface area contributed by atoms with Gasteiger partial charge in [-0.1, -0.05) is 31.2 Å². The second kappa shape index (κ2) is 14.5. The molecule has 2 N–H and O–H groups in total. The minimum absolute atomic E-state index is 0.146.